The van der Waals surface area contributed by atoms with Crippen LogP contribution in [0.15, 0.2) is 36.5 Å². The number of hydrogen-bond acceptors (Lipinski definition) is 4. The largest absolute Gasteiger partial charge is 0.496 e. The summed E-state index contributed by atoms with van der Waals surface area (Å²) < 4.78 is 5.49. The van der Waals surface area contributed by atoms with Crippen molar-refractivity contribution in [1.29, 1.82) is 0 Å². The summed E-state index contributed by atoms with van der Waals surface area (Å²) in [6.07, 6.45) is 5.53. The van der Waals surface area contributed by atoms with Crippen LogP contribution < -0.4 is 4.74 Å². The maximum absolute atomic E-state index is 5.49. The standard InChI is InChI=1S/C18H23N3O/c1-14-19-11-10-16(20-14)17-8-5-6-12-21(17)13-15-7-3-4-9-18(15)22-2/h3-4,7,9-11,17H,5-6,8,12-13H2,1-2H3. The third-order valence-electron chi connectivity index (χ3n) is 4.32. The Morgan fingerprint density at radius 1 is 1.23 bits per heavy atom. The molecule has 3 rings (SSSR count). The van der Waals surface area contributed by atoms with E-state index in [0.29, 0.717) is 6.04 Å². The molecule has 0 N–H and O–H groups in total. The fourth-order valence-electron chi connectivity index (χ4n) is 3.23. The highest BCUT2D eigenvalue weighted by Crippen LogP contribution is 2.32. The molecule has 0 saturated carbocycles. The van der Waals surface area contributed by atoms with E-state index < -0.39 is 0 Å². The summed E-state index contributed by atoms with van der Waals surface area (Å²) in [5, 5.41) is 0. The molecule has 4 nitrogen and oxygen atoms in total. The van der Waals surface area contributed by atoms with Gasteiger partial charge in [0.05, 0.1) is 18.8 Å². The number of methoxy groups -OCH3 is 1. The summed E-state index contributed by atoms with van der Waals surface area (Å²) in [7, 11) is 1.74. The van der Waals surface area contributed by atoms with Crippen molar-refractivity contribution in [2.45, 2.75) is 38.8 Å². The van der Waals surface area contributed by atoms with E-state index in [9.17, 15) is 0 Å². The van der Waals surface area contributed by atoms with Crippen molar-refractivity contribution >= 4 is 0 Å². The molecule has 0 spiro atoms. The number of hydrogen-bond donors (Lipinski definition) is 0. The van der Waals surface area contributed by atoms with E-state index in [0.717, 1.165) is 36.8 Å². The maximum atomic E-state index is 5.49. The number of likely N-dealkylation sites (tertiary alicyclic amines) is 1. The normalized spacial score (nSPS) is 19.1. The molecule has 1 aliphatic rings. The molecule has 2 aromatic rings. The summed E-state index contributed by atoms with van der Waals surface area (Å²) in [5.74, 6) is 1.81. The van der Waals surface area contributed by atoms with Crippen LogP contribution >= 0.6 is 0 Å². The molecule has 0 bridgehead atoms. The lowest BCUT2D eigenvalue weighted by Gasteiger charge is -2.35. The highest BCUT2D eigenvalue weighted by atomic mass is 16.5. The van der Waals surface area contributed by atoms with Gasteiger partial charge in [-0.2, -0.15) is 0 Å². The van der Waals surface area contributed by atoms with Gasteiger partial charge in [0.25, 0.3) is 0 Å². The Morgan fingerprint density at radius 3 is 2.91 bits per heavy atom. The maximum Gasteiger partial charge on any atom is 0.125 e. The number of aromatic nitrogens is 2. The monoisotopic (exact) mass is 297 g/mol. The summed E-state index contributed by atoms with van der Waals surface area (Å²) >= 11 is 0. The Balaban J connectivity index is 1.84. The zero-order valence-electron chi connectivity index (χ0n) is 13.3. The first-order chi connectivity index (χ1) is 10.8. The van der Waals surface area contributed by atoms with Crippen molar-refractivity contribution in [2.24, 2.45) is 0 Å². The summed E-state index contributed by atoms with van der Waals surface area (Å²) in [5.41, 5.74) is 2.38. The van der Waals surface area contributed by atoms with E-state index >= 15 is 0 Å². The van der Waals surface area contributed by atoms with Gasteiger partial charge in [-0.1, -0.05) is 24.6 Å². The van der Waals surface area contributed by atoms with E-state index in [-0.39, 0.29) is 0 Å². The molecule has 22 heavy (non-hydrogen) atoms. The van der Waals surface area contributed by atoms with Crippen LogP contribution in [0.1, 0.15) is 42.4 Å². The van der Waals surface area contributed by atoms with Crippen molar-refractivity contribution in [3.05, 3.63) is 53.6 Å². The predicted molar refractivity (Wildman–Crippen MR) is 86.8 cm³/mol. The molecule has 0 aliphatic carbocycles. The minimum atomic E-state index is 0.375. The van der Waals surface area contributed by atoms with Crippen LogP contribution in [0.4, 0.5) is 0 Å². The SMILES string of the molecule is COc1ccccc1CN1CCCCC1c1ccnc(C)n1. The van der Waals surface area contributed by atoms with Gasteiger partial charge in [-0.25, -0.2) is 9.97 Å². The smallest absolute Gasteiger partial charge is 0.125 e. The van der Waals surface area contributed by atoms with Gasteiger partial charge in [0, 0.05) is 18.3 Å². The number of benzene rings is 1. The lowest BCUT2D eigenvalue weighted by atomic mass is 9.98. The highest BCUT2D eigenvalue weighted by molar-refractivity contribution is 5.33. The molecule has 4 heteroatoms. The molecule has 1 aromatic heterocycles. The first-order valence-electron chi connectivity index (χ1n) is 7.93. The second-order valence-electron chi connectivity index (χ2n) is 5.82. The molecule has 1 atom stereocenters. The van der Waals surface area contributed by atoms with E-state index in [1.807, 2.05) is 25.3 Å². The average Bonchev–Trinajstić information content (AvgIpc) is 2.56. The van der Waals surface area contributed by atoms with E-state index in [1.54, 1.807) is 7.11 Å². The molecule has 116 valence electrons. The number of rotatable bonds is 4. The lowest BCUT2D eigenvalue weighted by molar-refractivity contribution is 0.135. The molecule has 1 unspecified atom stereocenters. The molecule has 0 amide bonds. The summed E-state index contributed by atoms with van der Waals surface area (Å²) in [4.78, 5) is 11.4. The number of aryl methyl sites for hydroxylation is 1. The quantitative estimate of drug-likeness (QED) is 0.865. The first kappa shape index (κ1) is 15.0. The minimum Gasteiger partial charge on any atom is -0.496 e. The second-order valence-corrected chi connectivity index (χ2v) is 5.82. The van der Waals surface area contributed by atoms with Gasteiger partial charge in [-0.05, 0) is 38.4 Å². The van der Waals surface area contributed by atoms with Crippen molar-refractivity contribution < 1.29 is 4.74 Å². The Bertz CT molecular complexity index is 629. The van der Waals surface area contributed by atoms with Gasteiger partial charge in [0.2, 0.25) is 0 Å². The van der Waals surface area contributed by atoms with E-state index in [4.69, 9.17) is 4.74 Å². The van der Waals surface area contributed by atoms with E-state index in [1.165, 1.54) is 18.4 Å². The number of nitrogens with zero attached hydrogens (tertiary/aromatic N) is 3. The second kappa shape index (κ2) is 6.88. The predicted octanol–water partition coefficient (Wildman–Crippen LogP) is 3.52. The average molecular weight is 297 g/mol. The summed E-state index contributed by atoms with van der Waals surface area (Å²) in [6.45, 7) is 3.96. The third-order valence-corrected chi connectivity index (χ3v) is 4.32. The fraction of sp³-hybridized carbons (Fsp3) is 0.444. The molecule has 1 fully saturated rings. The Kier molecular flexibility index (Phi) is 4.68. The Morgan fingerprint density at radius 2 is 2.09 bits per heavy atom. The van der Waals surface area contributed by atoms with Crippen molar-refractivity contribution in [1.82, 2.24) is 14.9 Å². The number of ether oxygens (including phenoxy) is 1. The molecule has 1 aliphatic heterocycles. The molecular weight excluding hydrogens is 274 g/mol. The molecule has 2 heterocycles. The summed E-state index contributed by atoms with van der Waals surface area (Å²) in [6, 6.07) is 10.7. The molecule has 1 aromatic carbocycles. The van der Waals surface area contributed by atoms with Gasteiger partial charge in [0.1, 0.15) is 11.6 Å². The first-order valence-corrected chi connectivity index (χ1v) is 7.93. The lowest BCUT2D eigenvalue weighted by Crippen LogP contribution is -2.33. The van der Waals surface area contributed by atoms with Crippen LogP contribution in [-0.4, -0.2) is 28.5 Å². The van der Waals surface area contributed by atoms with Crippen molar-refractivity contribution in [3.8, 4) is 5.75 Å². The number of para-hydroxylation sites is 1. The van der Waals surface area contributed by atoms with Crippen molar-refractivity contribution in [3.63, 3.8) is 0 Å². The van der Waals surface area contributed by atoms with Crippen LogP contribution in [0.5, 0.6) is 5.75 Å². The molecule has 0 radical (unpaired) electrons. The van der Waals surface area contributed by atoms with Crippen molar-refractivity contribution in [2.75, 3.05) is 13.7 Å². The van der Waals surface area contributed by atoms with Crippen LogP contribution in [0.25, 0.3) is 0 Å². The Hall–Kier alpha value is -1.94. The van der Waals surface area contributed by atoms with Gasteiger partial charge >= 0.3 is 0 Å². The zero-order chi connectivity index (χ0) is 15.4. The molecular formula is C18H23N3O. The topological polar surface area (TPSA) is 38.2 Å². The molecule has 1 saturated heterocycles. The van der Waals surface area contributed by atoms with Crippen LogP contribution in [0.3, 0.4) is 0 Å². The van der Waals surface area contributed by atoms with Crippen LogP contribution in [0, 0.1) is 6.92 Å². The number of piperidine rings is 1. The third kappa shape index (κ3) is 3.28. The van der Waals surface area contributed by atoms with Gasteiger partial charge in [-0.15, -0.1) is 0 Å². The zero-order valence-corrected chi connectivity index (χ0v) is 13.3. The minimum absolute atomic E-state index is 0.375. The van der Waals surface area contributed by atoms with Gasteiger partial charge in [-0.3, -0.25) is 4.90 Å². The highest BCUT2D eigenvalue weighted by Gasteiger charge is 2.25. The van der Waals surface area contributed by atoms with Gasteiger partial charge < -0.3 is 4.74 Å². The van der Waals surface area contributed by atoms with Crippen LogP contribution in [0.2, 0.25) is 0 Å². The fourth-order valence-corrected chi connectivity index (χ4v) is 3.23. The van der Waals surface area contributed by atoms with Crippen LogP contribution in [-0.2, 0) is 6.54 Å². The van der Waals surface area contributed by atoms with E-state index in [2.05, 4.69) is 33.1 Å². The Labute approximate surface area is 132 Å². The van der Waals surface area contributed by atoms with Gasteiger partial charge in [0.15, 0.2) is 0 Å².